The number of esters is 1. The largest absolute Gasteiger partial charge is 0.465 e. The molecule has 0 aliphatic heterocycles. The van der Waals surface area contributed by atoms with E-state index in [2.05, 4.69) is 31.9 Å². The summed E-state index contributed by atoms with van der Waals surface area (Å²) in [6.45, 7) is 6.85. The fourth-order valence-electron chi connectivity index (χ4n) is 1.25. The van der Waals surface area contributed by atoms with Crippen molar-refractivity contribution in [1.29, 1.82) is 0 Å². The van der Waals surface area contributed by atoms with Crippen molar-refractivity contribution in [3.63, 3.8) is 0 Å². The van der Waals surface area contributed by atoms with Crippen molar-refractivity contribution in [3.8, 4) is 0 Å². The molecule has 0 bridgehead atoms. The van der Waals surface area contributed by atoms with E-state index in [1.807, 2.05) is 6.92 Å². The minimum atomic E-state index is -1.10. The SMILES string of the molecule is CCOC(=O)C(C)(CC(C)(Br)Br)C(C)=O. The van der Waals surface area contributed by atoms with Gasteiger partial charge in [-0.1, -0.05) is 31.9 Å². The van der Waals surface area contributed by atoms with Gasteiger partial charge in [-0.3, -0.25) is 9.59 Å². The normalized spacial score (nSPS) is 15.6. The molecule has 0 amide bonds. The first-order valence-corrected chi connectivity index (χ1v) is 6.28. The van der Waals surface area contributed by atoms with Gasteiger partial charge in [0.1, 0.15) is 11.2 Å². The van der Waals surface area contributed by atoms with E-state index >= 15 is 0 Å². The van der Waals surface area contributed by atoms with E-state index in [4.69, 9.17) is 4.74 Å². The molecule has 0 fully saturated rings. The first-order valence-electron chi connectivity index (χ1n) is 4.69. The van der Waals surface area contributed by atoms with Crippen LogP contribution < -0.4 is 0 Å². The lowest BCUT2D eigenvalue weighted by molar-refractivity contribution is -0.159. The molecule has 1 atom stereocenters. The van der Waals surface area contributed by atoms with Crippen LogP contribution in [0.2, 0.25) is 0 Å². The maximum Gasteiger partial charge on any atom is 0.319 e. The van der Waals surface area contributed by atoms with Crippen LogP contribution in [0.3, 0.4) is 0 Å². The van der Waals surface area contributed by atoms with Gasteiger partial charge in [-0.25, -0.2) is 0 Å². The topological polar surface area (TPSA) is 43.4 Å². The van der Waals surface area contributed by atoms with Gasteiger partial charge in [-0.05, 0) is 34.1 Å². The van der Waals surface area contributed by atoms with Crippen LogP contribution in [0.5, 0.6) is 0 Å². The van der Waals surface area contributed by atoms with Crippen LogP contribution in [0.15, 0.2) is 0 Å². The minimum absolute atomic E-state index is 0.189. The fraction of sp³-hybridized carbons (Fsp3) is 0.800. The van der Waals surface area contributed by atoms with Gasteiger partial charge < -0.3 is 4.74 Å². The third kappa shape index (κ3) is 4.64. The number of halogens is 2. The zero-order chi connectivity index (χ0) is 12.3. The molecular weight excluding hydrogens is 328 g/mol. The van der Waals surface area contributed by atoms with Crippen LogP contribution in [0.25, 0.3) is 0 Å². The summed E-state index contributed by atoms with van der Waals surface area (Å²) in [5.41, 5.74) is -1.10. The molecule has 15 heavy (non-hydrogen) atoms. The predicted molar refractivity (Wildman–Crippen MR) is 66.3 cm³/mol. The van der Waals surface area contributed by atoms with E-state index < -0.39 is 14.6 Å². The van der Waals surface area contributed by atoms with Crippen LogP contribution in [-0.4, -0.2) is 21.6 Å². The minimum Gasteiger partial charge on any atom is -0.465 e. The quantitative estimate of drug-likeness (QED) is 0.438. The first kappa shape index (κ1) is 15.1. The Kier molecular flexibility index (Phi) is 5.47. The Morgan fingerprint density at radius 3 is 2.00 bits per heavy atom. The molecule has 0 rings (SSSR count). The van der Waals surface area contributed by atoms with Crippen molar-refractivity contribution < 1.29 is 14.3 Å². The summed E-state index contributed by atoms with van der Waals surface area (Å²) in [6.07, 6.45) is 0.341. The monoisotopic (exact) mass is 342 g/mol. The molecule has 0 radical (unpaired) electrons. The van der Waals surface area contributed by atoms with Gasteiger partial charge in [-0.2, -0.15) is 0 Å². The molecule has 0 saturated heterocycles. The molecule has 0 aliphatic rings. The lowest BCUT2D eigenvalue weighted by Crippen LogP contribution is -2.40. The number of ether oxygens (including phenoxy) is 1. The number of hydrogen-bond donors (Lipinski definition) is 0. The number of carbonyl (C=O) groups excluding carboxylic acids is 2. The zero-order valence-corrected chi connectivity index (χ0v) is 12.6. The maximum atomic E-state index is 11.7. The standard InChI is InChI=1S/C10H16Br2O3/c1-5-15-8(14)9(3,7(2)13)6-10(4,11)12/h5-6H2,1-4H3. The number of ketones is 1. The number of hydrogen-bond acceptors (Lipinski definition) is 3. The third-order valence-corrected chi connectivity index (χ3v) is 2.73. The second kappa shape index (κ2) is 5.43. The molecule has 0 aromatic carbocycles. The second-order valence-corrected chi connectivity index (χ2v) is 8.42. The number of carbonyl (C=O) groups is 2. The van der Waals surface area contributed by atoms with E-state index in [0.29, 0.717) is 6.42 Å². The molecule has 1 unspecified atom stereocenters. The average molecular weight is 344 g/mol. The molecule has 5 heteroatoms. The molecule has 88 valence electrons. The Balaban J connectivity index is 4.91. The fourth-order valence-corrected chi connectivity index (χ4v) is 2.37. The number of Topliss-reactive ketones (excluding diaryl/α,β-unsaturated/α-hetero) is 1. The van der Waals surface area contributed by atoms with Gasteiger partial charge in [0.15, 0.2) is 0 Å². The van der Waals surface area contributed by atoms with Gasteiger partial charge in [0.2, 0.25) is 0 Å². The Morgan fingerprint density at radius 2 is 1.73 bits per heavy atom. The van der Waals surface area contributed by atoms with Crippen LogP contribution in [0.1, 0.15) is 34.1 Å². The molecule has 0 aromatic rings. The van der Waals surface area contributed by atoms with Crippen LogP contribution in [0, 0.1) is 5.41 Å². The molecule has 0 spiro atoms. The van der Waals surface area contributed by atoms with Crippen molar-refractivity contribution in [2.24, 2.45) is 5.41 Å². The van der Waals surface area contributed by atoms with Crippen molar-refractivity contribution in [1.82, 2.24) is 0 Å². The van der Waals surface area contributed by atoms with Crippen LogP contribution >= 0.6 is 31.9 Å². The van der Waals surface area contributed by atoms with Gasteiger partial charge in [0.05, 0.1) is 9.84 Å². The first-order chi connectivity index (χ1) is 6.63. The second-order valence-electron chi connectivity index (χ2n) is 3.86. The Morgan fingerprint density at radius 1 is 1.27 bits per heavy atom. The highest BCUT2D eigenvalue weighted by Crippen LogP contribution is 2.39. The summed E-state index contributed by atoms with van der Waals surface area (Å²) >= 11 is 6.72. The maximum absolute atomic E-state index is 11.7. The van der Waals surface area contributed by atoms with Gasteiger partial charge >= 0.3 is 5.97 Å². The Bertz CT molecular complexity index is 258. The summed E-state index contributed by atoms with van der Waals surface area (Å²) < 4.78 is 4.46. The Labute approximate surface area is 107 Å². The predicted octanol–water partition coefficient (Wildman–Crippen LogP) is 3.04. The zero-order valence-electron chi connectivity index (χ0n) is 9.39. The van der Waals surface area contributed by atoms with Gasteiger partial charge in [0.25, 0.3) is 0 Å². The van der Waals surface area contributed by atoms with Crippen molar-refractivity contribution in [3.05, 3.63) is 0 Å². The molecule has 3 nitrogen and oxygen atoms in total. The van der Waals surface area contributed by atoms with Crippen LogP contribution in [0.4, 0.5) is 0 Å². The smallest absolute Gasteiger partial charge is 0.319 e. The van der Waals surface area contributed by atoms with E-state index in [0.717, 1.165) is 0 Å². The van der Waals surface area contributed by atoms with Crippen molar-refractivity contribution >= 4 is 43.6 Å². The molecule has 0 saturated carbocycles. The summed E-state index contributed by atoms with van der Waals surface area (Å²) in [4.78, 5) is 23.2. The molecule has 0 aromatic heterocycles. The lowest BCUT2D eigenvalue weighted by atomic mass is 9.82. The number of rotatable bonds is 5. The van der Waals surface area contributed by atoms with E-state index in [-0.39, 0.29) is 12.4 Å². The van der Waals surface area contributed by atoms with Gasteiger partial charge in [-0.15, -0.1) is 0 Å². The molecular formula is C10H16Br2O3. The van der Waals surface area contributed by atoms with Crippen molar-refractivity contribution in [2.45, 2.75) is 37.3 Å². The highest BCUT2D eigenvalue weighted by atomic mass is 79.9. The number of alkyl halides is 2. The van der Waals surface area contributed by atoms with E-state index in [1.54, 1.807) is 13.8 Å². The third-order valence-electron chi connectivity index (χ3n) is 2.17. The Hall–Kier alpha value is 0.1000. The molecule has 0 aliphatic carbocycles. The van der Waals surface area contributed by atoms with E-state index in [9.17, 15) is 9.59 Å². The summed E-state index contributed by atoms with van der Waals surface area (Å²) in [5.74, 6) is -0.659. The lowest BCUT2D eigenvalue weighted by Gasteiger charge is -2.29. The summed E-state index contributed by atoms with van der Waals surface area (Å²) in [7, 11) is 0. The average Bonchev–Trinajstić information content (AvgIpc) is 2.01. The summed E-state index contributed by atoms with van der Waals surface area (Å²) in [6, 6.07) is 0. The van der Waals surface area contributed by atoms with Gasteiger partial charge in [0, 0.05) is 0 Å². The highest BCUT2D eigenvalue weighted by Gasteiger charge is 2.44. The highest BCUT2D eigenvalue weighted by molar-refractivity contribution is 9.25. The van der Waals surface area contributed by atoms with Crippen LogP contribution in [-0.2, 0) is 14.3 Å². The summed E-state index contributed by atoms with van der Waals surface area (Å²) in [5, 5.41) is 0. The molecule has 0 N–H and O–H groups in total. The van der Waals surface area contributed by atoms with E-state index in [1.165, 1.54) is 6.92 Å². The molecule has 0 heterocycles. The van der Waals surface area contributed by atoms with Crippen molar-refractivity contribution in [2.75, 3.05) is 6.61 Å².